The predicted molar refractivity (Wildman–Crippen MR) is 158 cm³/mol. The number of nitrogens with zero attached hydrogens (tertiary/aromatic N) is 4. The van der Waals surface area contributed by atoms with Gasteiger partial charge in [0.1, 0.15) is 22.8 Å². The Morgan fingerprint density at radius 1 is 1.10 bits per heavy atom. The highest BCUT2D eigenvalue weighted by atomic mass is 32.2. The van der Waals surface area contributed by atoms with E-state index in [1.54, 1.807) is 0 Å². The molecule has 262 valence electrons. The summed E-state index contributed by atoms with van der Waals surface area (Å²) in [6.45, 7) is 0.363. The third-order valence-corrected chi connectivity index (χ3v) is 9.00. The molecule has 3 aliphatic rings. The number of halogens is 6. The molecule has 3 amide bonds. The summed E-state index contributed by atoms with van der Waals surface area (Å²) in [7, 11) is 0. The number of oxime groups is 1. The summed E-state index contributed by atoms with van der Waals surface area (Å²) in [5.74, 6) is -6.04. The van der Waals surface area contributed by atoms with Crippen LogP contribution in [0.4, 0.5) is 31.5 Å². The van der Waals surface area contributed by atoms with Gasteiger partial charge in [0.25, 0.3) is 11.8 Å². The topological polar surface area (TPSA) is 216 Å². The normalized spacial score (nSPS) is 20.4. The summed E-state index contributed by atoms with van der Waals surface area (Å²) < 4.78 is 70.2. The molecule has 0 unspecified atom stereocenters. The number of hydrogen-bond donors (Lipinski definition) is 5. The van der Waals surface area contributed by atoms with Crippen molar-refractivity contribution in [2.75, 3.05) is 18.0 Å². The van der Waals surface area contributed by atoms with Crippen LogP contribution in [0, 0.1) is 0 Å². The number of aliphatic carboxylic acids is 2. The summed E-state index contributed by atoms with van der Waals surface area (Å²) in [5, 5.41) is 32.5. The number of carbonyl (C=O) groups excluding carboxylic acids is 3. The molecule has 4 heterocycles. The molecule has 1 aromatic carbocycles. The molecule has 0 saturated carbocycles. The van der Waals surface area contributed by atoms with Crippen molar-refractivity contribution in [2.45, 2.75) is 36.7 Å². The predicted octanol–water partition coefficient (Wildman–Crippen LogP) is 2.65. The highest BCUT2D eigenvalue weighted by Crippen LogP contribution is 2.41. The number of thiazole rings is 1. The van der Waals surface area contributed by atoms with Gasteiger partial charge in [-0.25, -0.2) is 14.6 Å². The molecule has 22 heteroatoms. The van der Waals surface area contributed by atoms with E-state index < -0.39 is 64.7 Å². The van der Waals surface area contributed by atoms with E-state index in [0.717, 1.165) is 28.4 Å². The maximum absolute atomic E-state index is 13.0. The molecule has 0 aliphatic carbocycles. The second-order valence-electron chi connectivity index (χ2n) is 10.2. The Labute approximate surface area is 278 Å². The summed E-state index contributed by atoms with van der Waals surface area (Å²) in [6.07, 6.45) is -7.84. The Morgan fingerprint density at radius 3 is 2.24 bits per heavy atom. The van der Waals surface area contributed by atoms with Crippen LogP contribution in [0.2, 0.25) is 0 Å². The number of amides is 3. The van der Waals surface area contributed by atoms with Crippen molar-refractivity contribution in [1.82, 2.24) is 20.1 Å². The molecule has 5 rings (SSSR count). The standard InChI is InChI=1S/C25H21F3N6O6S2.C2HF3O2/c26-25(27,28)14-3-1-11(2-4-14)8-33-6-5-12(20(33)36)7-13-9-41-22-17(21(37)34(22)18(13)23(38)39)31-19(35)16(32-40)15-10-42-24(29)30-15;3-2(4,5)1(6)7/h1-4,7,10,17,22,40H,5-6,8-9H2,(H2,29,30)(H,31,35)(H,38,39);(H,6,7)/b12-7+,32-16-;/t17-,22-;/m1./s1. The van der Waals surface area contributed by atoms with Crippen molar-refractivity contribution >= 4 is 63.6 Å². The first kappa shape index (κ1) is 36.7. The molecule has 2 fully saturated rings. The van der Waals surface area contributed by atoms with E-state index in [4.69, 9.17) is 15.6 Å². The van der Waals surface area contributed by atoms with Crippen LogP contribution in [0.25, 0.3) is 0 Å². The number of allylic oxidation sites excluding steroid dienone is 1. The molecule has 1 aromatic heterocycles. The average Bonchev–Trinajstić information content (AvgIpc) is 3.60. The van der Waals surface area contributed by atoms with Gasteiger partial charge in [-0.15, -0.1) is 23.1 Å². The first-order chi connectivity index (χ1) is 22.8. The van der Waals surface area contributed by atoms with Crippen LogP contribution >= 0.6 is 23.1 Å². The van der Waals surface area contributed by atoms with Gasteiger partial charge in [0, 0.05) is 29.8 Å². The molecule has 6 N–H and O–H groups in total. The summed E-state index contributed by atoms with van der Waals surface area (Å²) in [6, 6.07) is 3.38. The lowest BCUT2D eigenvalue weighted by molar-refractivity contribution is -0.192. The van der Waals surface area contributed by atoms with Crippen LogP contribution in [0.5, 0.6) is 0 Å². The number of likely N-dealkylation sites (tertiary alicyclic amines) is 1. The molecule has 49 heavy (non-hydrogen) atoms. The van der Waals surface area contributed by atoms with Crippen molar-refractivity contribution in [3.63, 3.8) is 0 Å². The molecular formula is C27H22F6N6O8S2. The number of carboxylic acid groups (broad SMARTS) is 2. The zero-order chi connectivity index (χ0) is 36.4. The van der Waals surface area contributed by atoms with Crippen LogP contribution < -0.4 is 11.1 Å². The fourth-order valence-electron chi connectivity index (χ4n) is 4.75. The van der Waals surface area contributed by atoms with Gasteiger partial charge < -0.3 is 31.4 Å². The number of hydrogen-bond acceptors (Lipinski definition) is 11. The molecule has 2 atom stereocenters. The first-order valence-corrected chi connectivity index (χ1v) is 15.4. The Morgan fingerprint density at radius 2 is 1.73 bits per heavy atom. The van der Waals surface area contributed by atoms with Gasteiger partial charge in [-0.2, -0.15) is 26.3 Å². The van der Waals surface area contributed by atoms with E-state index in [1.165, 1.54) is 40.3 Å². The maximum Gasteiger partial charge on any atom is 0.490 e. The van der Waals surface area contributed by atoms with Gasteiger partial charge in [0.05, 0.1) is 5.56 Å². The zero-order valence-corrected chi connectivity index (χ0v) is 25.9. The Balaban J connectivity index is 0.000000698. The highest BCUT2D eigenvalue weighted by molar-refractivity contribution is 8.00. The van der Waals surface area contributed by atoms with Crippen LogP contribution in [-0.2, 0) is 36.7 Å². The summed E-state index contributed by atoms with van der Waals surface area (Å²) in [4.78, 5) is 66.2. The largest absolute Gasteiger partial charge is 0.490 e. The van der Waals surface area contributed by atoms with E-state index >= 15 is 0 Å². The highest BCUT2D eigenvalue weighted by Gasteiger charge is 2.54. The van der Waals surface area contributed by atoms with Gasteiger partial charge in [-0.05, 0) is 35.8 Å². The van der Waals surface area contributed by atoms with E-state index in [-0.39, 0.29) is 47.4 Å². The number of aromatic nitrogens is 1. The molecule has 0 spiro atoms. The number of fused-ring (bicyclic) bond motifs is 1. The number of rotatable bonds is 7. The molecule has 2 aromatic rings. The smallest absolute Gasteiger partial charge is 0.477 e. The number of thioether (sulfide) groups is 1. The number of anilines is 1. The van der Waals surface area contributed by atoms with Crippen LogP contribution in [-0.4, -0.2) is 95.5 Å². The number of nitrogens with one attached hydrogen (secondary N) is 1. The van der Waals surface area contributed by atoms with Crippen molar-refractivity contribution in [2.24, 2.45) is 5.16 Å². The molecular weight excluding hydrogens is 714 g/mol. The first-order valence-electron chi connectivity index (χ1n) is 13.4. The SMILES string of the molecule is Nc1nc(/C(=N/O)C(=O)N[C@@H]2C(=O)N3C(C(=O)O)=C(/C=C4\CCN(Cc5ccc(C(F)(F)F)cc5)C4=O)CS[C@H]23)cs1.O=C(O)C(F)(F)F. The summed E-state index contributed by atoms with van der Waals surface area (Å²) in [5.41, 5.74) is 5.02. The van der Waals surface area contributed by atoms with Crippen LogP contribution in [0.1, 0.15) is 23.2 Å². The molecule has 0 bridgehead atoms. The molecule has 0 radical (unpaired) electrons. The average molecular weight is 737 g/mol. The second-order valence-corrected chi connectivity index (χ2v) is 12.2. The lowest BCUT2D eigenvalue weighted by atomic mass is 10.0. The van der Waals surface area contributed by atoms with Gasteiger partial charge in [0.2, 0.25) is 5.91 Å². The quantitative estimate of drug-likeness (QED) is 0.0696. The van der Waals surface area contributed by atoms with Crippen molar-refractivity contribution in [1.29, 1.82) is 0 Å². The van der Waals surface area contributed by atoms with Crippen molar-refractivity contribution in [3.8, 4) is 0 Å². The lowest BCUT2D eigenvalue weighted by Gasteiger charge is -2.49. The maximum atomic E-state index is 13.0. The Bertz CT molecular complexity index is 1770. The number of β-lactam (4-membered cyclic amide) rings is 1. The number of benzene rings is 1. The van der Waals surface area contributed by atoms with E-state index in [2.05, 4.69) is 15.5 Å². The number of carbonyl (C=O) groups is 5. The van der Waals surface area contributed by atoms with E-state index in [1.807, 2.05) is 0 Å². The van der Waals surface area contributed by atoms with Crippen LogP contribution in [0.15, 0.2) is 57.7 Å². The second kappa shape index (κ2) is 14.2. The molecule has 3 aliphatic heterocycles. The number of nitrogens with two attached hydrogens (primary N) is 1. The zero-order valence-electron chi connectivity index (χ0n) is 24.3. The van der Waals surface area contributed by atoms with E-state index in [9.17, 15) is 55.8 Å². The van der Waals surface area contributed by atoms with Crippen molar-refractivity contribution < 1.29 is 65.7 Å². The summed E-state index contributed by atoms with van der Waals surface area (Å²) >= 11 is 2.19. The number of nitrogen functional groups attached to an aromatic ring is 1. The Hall–Kier alpha value is -5.12. The van der Waals surface area contributed by atoms with Crippen LogP contribution in [0.3, 0.4) is 0 Å². The minimum absolute atomic E-state index is 0.00561. The number of carboxylic acids is 2. The molecule has 14 nitrogen and oxygen atoms in total. The lowest BCUT2D eigenvalue weighted by Crippen LogP contribution is -2.71. The Kier molecular flexibility index (Phi) is 10.6. The van der Waals surface area contributed by atoms with Gasteiger partial charge in [-0.3, -0.25) is 19.3 Å². The monoisotopic (exact) mass is 736 g/mol. The fraction of sp³-hybridized carbons (Fsp3) is 0.296. The molecule has 2 saturated heterocycles. The fourth-order valence-corrected chi connectivity index (χ4v) is 6.61. The van der Waals surface area contributed by atoms with Gasteiger partial charge in [0.15, 0.2) is 10.8 Å². The third-order valence-electron chi connectivity index (χ3n) is 7.03. The van der Waals surface area contributed by atoms with E-state index in [0.29, 0.717) is 11.1 Å². The van der Waals surface area contributed by atoms with Gasteiger partial charge in [-0.1, -0.05) is 17.3 Å². The minimum Gasteiger partial charge on any atom is -0.477 e. The minimum atomic E-state index is -5.08. The van der Waals surface area contributed by atoms with Gasteiger partial charge >= 0.3 is 24.3 Å². The third kappa shape index (κ3) is 8.13. The van der Waals surface area contributed by atoms with Crippen molar-refractivity contribution in [3.05, 3.63) is 69.4 Å². The number of alkyl halides is 6.